The lowest BCUT2D eigenvalue weighted by atomic mass is 10.1. The number of carbonyl (C=O) groups is 2. The fraction of sp³-hybridized carbons (Fsp3) is 0.357. The van der Waals surface area contributed by atoms with Gasteiger partial charge in [-0.3, -0.25) is 4.79 Å². The highest BCUT2D eigenvalue weighted by Gasteiger charge is 2.25. The molecule has 1 aliphatic rings. The smallest absolute Gasteiger partial charge is 0.409 e. The number of hydrogen-bond acceptors (Lipinski definition) is 5. The van der Waals surface area contributed by atoms with Crippen LogP contribution in [0.25, 0.3) is 16.9 Å². The third-order valence-electron chi connectivity index (χ3n) is 6.43. The van der Waals surface area contributed by atoms with Crippen molar-refractivity contribution in [1.82, 2.24) is 14.4 Å². The van der Waals surface area contributed by atoms with E-state index in [1.807, 2.05) is 17.0 Å². The SMILES string of the molecule is CCOC(=O)N1CCN(C(=O)CCc2ccc(-c3ccc(OC)cc3)n2-c2ccc(SC)cc2)CC1. The van der Waals surface area contributed by atoms with Gasteiger partial charge in [0, 0.05) is 48.9 Å². The number of nitrogens with zero attached hydrogens (tertiary/aromatic N) is 3. The van der Waals surface area contributed by atoms with Crippen LogP contribution < -0.4 is 4.74 Å². The summed E-state index contributed by atoms with van der Waals surface area (Å²) in [6, 6.07) is 20.7. The highest BCUT2D eigenvalue weighted by atomic mass is 32.2. The van der Waals surface area contributed by atoms with Crippen molar-refractivity contribution >= 4 is 23.8 Å². The predicted molar refractivity (Wildman–Crippen MR) is 143 cm³/mol. The molecule has 1 saturated heterocycles. The number of methoxy groups -OCH3 is 1. The Bertz CT molecular complexity index is 1170. The van der Waals surface area contributed by atoms with E-state index in [0.29, 0.717) is 45.6 Å². The molecule has 1 aliphatic heterocycles. The van der Waals surface area contributed by atoms with Gasteiger partial charge < -0.3 is 23.8 Å². The van der Waals surface area contributed by atoms with Crippen molar-refractivity contribution in [2.75, 3.05) is 46.2 Å². The molecule has 2 aromatic carbocycles. The number of rotatable bonds is 8. The molecule has 0 radical (unpaired) electrons. The van der Waals surface area contributed by atoms with E-state index in [1.165, 1.54) is 4.90 Å². The normalized spacial score (nSPS) is 13.5. The molecule has 0 aliphatic carbocycles. The lowest BCUT2D eigenvalue weighted by Crippen LogP contribution is -2.50. The van der Waals surface area contributed by atoms with Gasteiger partial charge in [0.2, 0.25) is 5.91 Å². The van der Waals surface area contributed by atoms with Crippen LogP contribution in [-0.2, 0) is 16.0 Å². The van der Waals surface area contributed by atoms with Crippen LogP contribution in [0, 0.1) is 0 Å². The van der Waals surface area contributed by atoms with E-state index >= 15 is 0 Å². The van der Waals surface area contributed by atoms with E-state index < -0.39 is 0 Å². The first-order valence-corrected chi connectivity index (χ1v) is 13.5. The maximum absolute atomic E-state index is 13.0. The molecule has 0 unspecified atom stereocenters. The van der Waals surface area contributed by atoms with Crippen molar-refractivity contribution in [3.63, 3.8) is 0 Å². The molecule has 190 valence electrons. The first kappa shape index (κ1) is 25.7. The molecule has 0 N–H and O–H groups in total. The standard InChI is InChI=1S/C28H33N3O4S/c1-4-35-28(33)30-19-17-29(18-20-30)27(32)16-10-23-9-15-26(21-5-11-24(34-2)12-6-21)31(23)22-7-13-25(36-3)14-8-22/h5-9,11-15H,4,10,16-20H2,1-3H3. The molecule has 0 bridgehead atoms. The summed E-state index contributed by atoms with van der Waals surface area (Å²) in [6.07, 6.45) is 2.80. The van der Waals surface area contributed by atoms with E-state index in [0.717, 1.165) is 28.4 Å². The van der Waals surface area contributed by atoms with Gasteiger partial charge in [0.15, 0.2) is 0 Å². The third kappa shape index (κ3) is 5.87. The summed E-state index contributed by atoms with van der Waals surface area (Å²) in [6.45, 7) is 4.23. The number of thioether (sulfide) groups is 1. The topological polar surface area (TPSA) is 64.0 Å². The third-order valence-corrected chi connectivity index (χ3v) is 7.18. The fourth-order valence-electron chi connectivity index (χ4n) is 4.44. The molecular formula is C28H33N3O4S. The molecule has 4 rings (SSSR count). The number of benzene rings is 2. The Labute approximate surface area is 217 Å². The molecule has 8 heteroatoms. The fourth-order valence-corrected chi connectivity index (χ4v) is 4.85. The minimum absolute atomic E-state index is 0.106. The second-order valence-corrected chi connectivity index (χ2v) is 9.42. The van der Waals surface area contributed by atoms with Crippen molar-refractivity contribution in [2.24, 2.45) is 0 Å². The minimum Gasteiger partial charge on any atom is -0.497 e. The van der Waals surface area contributed by atoms with Crippen LogP contribution in [0.2, 0.25) is 0 Å². The maximum Gasteiger partial charge on any atom is 0.409 e. The molecule has 2 amide bonds. The number of aryl methyl sites for hydroxylation is 1. The van der Waals surface area contributed by atoms with Gasteiger partial charge >= 0.3 is 6.09 Å². The van der Waals surface area contributed by atoms with Gasteiger partial charge in [-0.25, -0.2) is 4.79 Å². The number of piperazine rings is 1. The van der Waals surface area contributed by atoms with Crippen LogP contribution in [0.3, 0.4) is 0 Å². The number of hydrogen-bond donors (Lipinski definition) is 0. The molecule has 2 heterocycles. The lowest BCUT2D eigenvalue weighted by Gasteiger charge is -2.34. The van der Waals surface area contributed by atoms with Gasteiger partial charge in [-0.15, -0.1) is 11.8 Å². The largest absolute Gasteiger partial charge is 0.497 e. The predicted octanol–water partition coefficient (Wildman–Crippen LogP) is 5.11. The molecule has 1 aromatic heterocycles. The highest BCUT2D eigenvalue weighted by Crippen LogP contribution is 2.30. The maximum atomic E-state index is 13.0. The minimum atomic E-state index is -0.305. The summed E-state index contributed by atoms with van der Waals surface area (Å²) in [7, 11) is 1.66. The van der Waals surface area contributed by atoms with E-state index in [9.17, 15) is 9.59 Å². The van der Waals surface area contributed by atoms with Crippen LogP contribution in [-0.4, -0.2) is 72.5 Å². The summed E-state index contributed by atoms with van der Waals surface area (Å²) < 4.78 is 12.6. The zero-order valence-electron chi connectivity index (χ0n) is 21.1. The molecule has 0 atom stereocenters. The van der Waals surface area contributed by atoms with Crippen LogP contribution in [0.5, 0.6) is 5.75 Å². The summed E-state index contributed by atoms with van der Waals surface area (Å²) in [5, 5.41) is 0. The van der Waals surface area contributed by atoms with Crippen LogP contribution >= 0.6 is 11.8 Å². The lowest BCUT2D eigenvalue weighted by molar-refractivity contribution is -0.132. The van der Waals surface area contributed by atoms with E-state index in [4.69, 9.17) is 9.47 Å². The van der Waals surface area contributed by atoms with Crippen molar-refractivity contribution in [3.8, 4) is 22.7 Å². The molecule has 7 nitrogen and oxygen atoms in total. The Kier molecular flexibility index (Phi) is 8.59. The molecule has 0 spiro atoms. The Morgan fingerprint density at radius 2 is 1.56 bits per heavy atom. The number of carbonyl (C=O) groups excluding carboxylic acids is 2. The van der Waals surface area contributed by atoms with Gasteiger partial charge in [-0.05, 0) is 85.8 Å². The zero-order chi connectivity index (χ0) is 25.5. The first-order valence-electron chi connectivity index (χ1n) is 12.2. The van der Waals surface area contributed by atoms with E-state index in [2.05, 4.69) is 59.4 Å². The van der Waals surface area contributed by atoms with Gasteiger partial charge in [0.05, 0.1) is 19.4 Å². The number of amides is 2. The van der Waals surface area contributed by atoms with Gasteiger partial charge in [0.1, 0.15) is 5.75 Å². The van der Waals surface area contributed by atoms with E-state index in [-0.39, 0.29) is 12.0 Å². The second kappa shape index (κ2) is 12.0. The van der Waals surface area contributed by atoms with Gasteiger partial charge in [-0.2, -0.15) is 0 Å². The Balaban J connectivity index is 1.50. The van der Waals surface area contributed by atoms with Crippen LogP contribution in [0.4, 0.5) is 4.79 Å². The number of aromatic nitrogens is 1. The zero-order valence-corrected chi connectivity index (χ0v) is 21.9. The molecule has 0 saturated carbocycles. The molecule has 36 heavy (non-hydrogen) atoms. The van der Waals surface area contributed by atoms with Crippen LogP contribution in [0.15, 0.2) is 65.6 Å². The average Bonchev–Trinajstić information content (AvgIpc) is 3.36. The van der Waals surface area contributed by atoms with Crippen molar-refractivity contribution in [1.29, 1.82) is 0 Å². The van der Waals surface area contributed by atoms with Crippen molar-refractivity contribution in [3.05, 3.63) is 66.4 Å². The number of ether oxygens (including phenoxy) is 2. The summed E-state index contributed by atoms with van der Waals surface area (Å²) in [4.78, 5) is 29.7. The quantitative estimate of drug-likeness (QED) is 0.397. The van der Waals surface area contributed by atoms with Gasteiger partial charge in [-0.1, -0.05) is 0 Å². The highest BCUT2D eigenvalue weighted by molar-refractivity contribution is 7.98. The van der Waals surface area contributed by atoms with Crippen molar-refractivity contribution in [2.45, 2.75) is 24.7 Å². The first-order chi connectivity index (χ1) is 17.5. The summed E-state index contributed by atoms with van der Waals surface area (Å²) in [5.74, 6) is 0.921. The molecule has 1 fully saturated rings. The van der Waals surface area contributed by atoms with E-state index in [1.54, 1.807) is 30.7 Å². The Hall–Kier alpha value is -3.39. The molecule has 3 aromatic rings. The average molecular weight is 508 g/mol. The van der Waals surface area contributed by atoms with Crippen molar-refractivity contribution < 1.29 is 19.1 Å². The summed E-state index contributed by atoms with van der Waals surface area (Å²) >= 11 is 1.71. The van der Waals surface area contributed by atoms with Crippen LogP contribution in [0.1, 0.15) is 19.0 Å². The van der Waals surface area contributed by atoms with Gasteiger partial charge in [0.25, 0.3) is 0 Å². The molecular weight excluding hydrogens is 474 g/mol. The Morgan fingerprint density at radius 3 is 2.17 bits per heavy atom. The monoisotopic (exact) mass is 507 g/mol. The summed E-state index contributed by atoms with van der Waals surface area (Å²) in [5.41, 5.74) is 4.29. The second-order valence-electron chi connectivity index (χ2n) is 8.54. The Morgan fingerprint density at radius 1 is 0.889 bits per heavy atom.